The van der Waals surface area contributed by atoms with Crippen LogP contribution in [0.4, 0.5) is 0 Å². The molecule has 0 amide bonds. The number of nitrogens with one attached hydrogen (secondary N) is 2. The predicted octanol–water partition coefficient (Wildman–Crippen LogP) is 2.22. The van der Waals surface area contributed by atoms with Gasteiger partial charge in [-0.1, -0.05) is 0 Å². The SMILES string of the molecule is CC1(NS(=O)(=O)c2ccsc2CNC2CC2)CCC1. The van der Waals surface area contributed by atoms with Crippen LogP contribution in [-0.4, -0.2) is 20.0 Å². The van der Waals surface area contributed by atoms with E-state index >= 15 is 0 Å². The lowest BCUT2D eigenvalue weighted by Crippen LogP contribution is -2.50. The molecular weight excluding hydrogens is 280 g/mol. The maximum Gasteiger partial charge on any atom is 0.242 e. The van der Waals surface area contributed by atoms with Crippen LogP contribution in [0.2, 0.25) is 0 Å². The molecule has 1 aromatic heterocycles. The Morgan fingerprint density at radius 3 is 2.74 bits per heavy atom. The van der Waals surface area contributed by atoms with Gasteiger partial charge in [0.05, 0.1) is 4.90 Å². The van der Waals surface area contributed by atoms with E-state index < -0.39 is 10.0 Å². The summed E-state index contributed by atoms with van der Waals surface area (Å²) in [6.07, 6.45) is 5.41. The number of hydrogen-bond acceptors (Lipinski definition) is 4. The molecule has 19 heavy (non-hydrogen) atoms. The predicted molar refractivity (Wildman–Crippen MR) is 76.8 cm³/mol. The fourth-order valence-electron chi connectivity index (χ4n) is 2.41. The number of hydrogen-bond donors (Lipinski definition) is 2. The fourth-order valence-corrected chi connectivity index (χ4v) is 5.27. The lowest BCUT2D eigenvalue weighted by atomic mass is 9.80. The van der Waals surface area contributed by atoms with Crippen LogP contribution >= 0.6 is 11.3 Å². The highest BCUT2D eigenvalue weighted by Gasteiger charge is 2.37. The van der Waals surface area contributed by atoms with E-state index in [2.05, 4.69) is 10.0 Å². The summed E-state index contributed by atoms with van der Waals surface area (Å²) >= 11 is 1.52. The summed E-state index contributed by atoms with van der Waals surface area (Å²) < 4.78 is 27.8. The quantitative estimate of drug-likeness (QED) is 0.847. The van der Waals surface area contributed by atoms with Gasteiger partial charge >= 0.3 is 0 Å². The minimum atomic E-state index is -3.37. The minimum absolute atomic E-state index is 0.234. The molecule has 0 aliphatic heterocycles. The molecule has 2 saturated carbocycles. The van der Waals surface area contributed by atoms with Crippen molar-refractivity contribution in [3.63, 3.8) is 0 Å². The molecule has 3 rings (SSSR count). The van der Waals surface area contributed by atoms with Crippen molar-refractivity contribution in [1.82, 2.24) is 10.0 Å². The molecule has 2 aliphatic carbocycles. The van der Waals surface area contributed by atoms with Gasteiger partial charge in [-0.3, -0.25) is 0 Å². The van der Waals surface area contributed by atoms with Crippen LogP contribution in [0.3, 0.4) is 0 Å². The van der Waals surface area contributed by atoms with Gasteiger partial charge in [0, 0.05) is 23.0 Å². The van der Waals surface area contributed by atoms with Crippen LogP contribution < -0.4 is 10.0 Å². The number of thiophene rings is 1. The molecule has 106 valence electrons. The molecule has 6 heteroatoms. The molecule has 2 aliphatic rings. The molecule has 0 spiro atoms. The van der Waals surface area contributed by atoms with Crippen molar-refractivity contribution < 1.29 is 8.42 Å². The fraction of sp³-hybridized carbons (Fsp3) is 0.692. The Bertz CT molecular complexity index is 557. The Morgan fingerprint density at radius 2 is 2.16 bits per heavy atom. The second kappa shape index (κ2) is 4.84. The van der Waals surface area contributed by atoms with Gasteiger partial charge in [-0.15, -0.1) is 11.3 Å². The van der Waals surface area contributed by atoms with Gasteiger partial charge in [0.2, 0.25) is 10.0 Å². The van der Waals surface area contributed by atoms with E-state index in [0.717, 1.165) is 24.1 Å². The molecule has 0 atom stereocenters. The van der Waals surface area contributed by atoms with Crippen molar-refractivity contribution in [2.75, 3.05) is 0 Å². The normalized spacial score (nSPS) is 22.2. The summed E-state index contributed by atoms with van der Waals surface area (Å²) in [4.78, 5) is 1.38. The highest BCUT2D eigenvalue weighted by Crippen LogP contribution is 2.33. The Morgan fingerprint density at radius 1 is 1.42 bits per heavy atom. The maximum atomic E-state index is 12.5. The van der Waals surface area contributed by atoms with Crippen LogP contribution in [0.1, 0.15) is 43.9 Å². The van der Waals surface area contributed by atoms with E-state index in [9.17, 15) is 8.42 Å². The van der Waals surface area contributed by atoms with Gasteiger partial charge in [0.15, 0.2) is 0 Å². The smallest absolute Gasteiger partial charge is 0.242 e. The second-order valence-corrected chi connectivity index (χ2v) is 8.53. The highest BCUT2D eigenvalue weighted by atomic mass is 32.2. The topological polar surface area (TPSA) is 58.2 Å². The molecule has 0 unspecified atom stereocenters. The zero-order chi connectivity index (χ0) is 13.5. The van der Waals surface area contributed by atoms with Crippen molar-refractivity contribution in [3.05, 3.63) is 16.3 Å². The third-order valence-electron chi connectivity index (χ3n) is 3.96. The van der Waals surface area contributed by atoms with E-state index in [0.29, 0.717) is 17.5 Å². The first-order valence-corrected chi connectivity index (χ1v) is 9.19. The molecule has 0 saturated heterocycles. The molecule has 0 bridgehead atoms. The lowest BCUT2D eigenvalue weighted by molar-refractivity contribution is 0.248. The Kier molecular flexibility index (Phi) is 3.45. The first-order valence-electron chi connectivity index (χ1n) is 6.82. The highest BCUT2D eigenvalue weighted by molar-refractivity contribution is 7.89. The van der Waals surface area contributed by atoms with Crippen LogP contribution in [0, 0.1) is 0 Å². The van der Waals surface area contributed by atoms with E-state index in [1.807, 2.05) is 12.3 Å². The van der Waals surface area contributed by atoms with Gasteiger partial charge in [0.25, 0.3) is 0 Å². The molecule has 4 nitrogen and oxygen atoms in total. The van der Waals surface area contributed by atoms with E-state index in [1.165, 1.54) is 24.2 Å². The van der Waals surface area contributed by atoms with Gasteiger partial charge in [-0.2, -0.15) is 0 Å². The first kappa shape index (κ1) is 13.5. The van der Waals surface area contributed by atoms with Crippen LogP contribution in [0.25, 0.3) is 0 Å². The third-order valence-corrected chi connectivity index (χ3v) is 6.73. The number of sulfonamides is 1. The van der Waals surface area contributed by atoms with Crippen LogP contribution in [-0.2, 0) is 16.6 Å². The summed E-state index contributed by atoms with van der Waals surface area (Å²) in [5.41, 5.74) is -0.234. The zero-order valence-electron chi connectivity index (χ0n) is 11.1. The van der Waals surface area contributed by atoms with Gasteiger partial charge in [-0.25, -0.2) is 13.1 Å². The molecule has 2 fully saturated rings. The van der Waals surface area contributed by atoms with Crippen molar-refractivity contribution in [2.24, 2.45) is 0 Å². The van der Waals surface area contributed by atoms with Crippen molar-refractivity contribution in [3.8, 4) is 0 Å². The molecule has 1 aromatic rings. The average Bonchev–Trinajstić information content (AvgIpc) is 3.00. The average molecular weight is 300 g/mol. The van der Waals surface area contributed by atoms with Crippen molar-refractivity contribution in [2.45, 2.75) is 62.0 Å². The summed E-state index contributed by atoms with van der Waals surface area (Å²) in [7, 11) is -3.37. The zero-order valence-corrected chi connectivity index (χ0v) is 12.7. The van der Waals surface area contributed by atoms with Crippen LogP contribution in [0.5, 0.6) is 0 Å². The standard InChI is InChI=1S/C13H20N2O2S2/c1-13(6-2-7-13)15-19(16,17)12-5-8-18-11(12)9-14-10-3-4-10/h5,8,10,14-15H,2-4,6-7,9H2,1H3. The van der Waals surface area contributed by atoms with Crippen molar-refractivity contribution >= 4 is 21.4 Å². The van der Waals surface area contributed by atoms with E-state index in [1.54, 1.807) is 6.07 Å². The van der Waals surface area contributed by atoms with Crippen LogP contribution in [0.15, 0.2) is 16.3 Å². The number of rotatable bonds is 6. The molecular formula is C13H20N2O2S2. The summed E-state index contributed by atoms with van der Waals surface area (Å²) in [6.45, 7) is 2.65. The van der Waals surface area contributed by atoms with E-state index in [-0.39, 0.29) is 5.54 Å². The molecule has 2 N–H and O–H groups in total. The molecule has 1 heterocycles. The Hall–Kier alpha value is -0.430. The minimum Gasteiger partial charge on any atom is -0.309 e. The second-order valence-electron chi connectivity index (χ2n) is 5.88. The Balaban J connectivity index is 1.74. The molecule has 0 radical (unpaired) electrons. The van der Waals surface area contributed by atoms with Gasteiger partial charge in [0.1, 0.15) is 0 Å². The summed E-state index contributed by atoms with van der Waals surface area (Å²) in [5, 5.41) is 5.24. The van der Waals surface area contributed by atoms with Crippen molar-refractivity contribution in [1.29, 1.82) is 0 Å². The van der Waals surface area contributed by atoms with E-state index in [4.69, 9.17) is 0 Å². The third kappa shape index (κ3) is 3.02. The van der Waals surface area contributed by atoms with Gasteiger partial charge in [-0.05, 0) is 50.5 Å². The largest absolute Gasteiger partial charge is 0.309 e. The monoisotopic (exact) mass is 300 g/mol. The molecule has 0 aromatic carbocycles. The summed E-state index contributed by atoms with van der Waals surface area (Å²) in [5.74, 6) is 0. The Labute approximate surface area is 118 Å². The lowest BCUT2D eigenvalue weighted by Gasteiger charge is -2.38. The summed E-state index contributed by atoms with van der Waals surface area (Å²) in [6, 6.07) is 2.31. The first-order chi connectivity index (χ1) is 8.99. The van der Waals surface area contributed by atoms with Gasteiger partial charge < -0.3 is 5.32 Å². The maximum absolute atomic E-state index is 12.5.